The molecule has 5 nitrogen and oxygen atoms in total. The third-order valence-electron chi connectivity index (χ3n) is 1.87. The van der Waals surface area contributed by atoms with Gasteiger partial charge in [0.25, 0.3) is 10.0 Å². The molecule has 0 aromatic heterocycles. The van der Waals surface area contributed by atoms with E-state index in [9.17, 15) is 13.2 Å². The number of nitrogens with two attached hydrogens (primary N) is 1. The van der Waals surface area contributed by atoms with Crippen molar-refractivity contribution in [3.63, 3.8) is 0 Å². The molecule has 0 radical (unpaired) electrons. The van der Waals surface area contributed by atoms with E-state index in [4.69, 9.17) is 5.73 Å². The van der Waals surface area contributed by atoms with E-state index in [0.717, 1.165) is 5.56 Å². The van der Waals surface area contributed by atoms with Crippen LogP contribution in [-0.4, -0.2) is 14.4 Å². The summed E-state index contributed by atoms with van der Waals surface area (Å²) >= 11 is 0. The highest BCUT2D eigenvalue weighted by Crippen LogP contribution is 2.16. The van der Waals surface area contributed by atoms with Gasteiger partial charge in [0.1, 0.15) is 0 Å². The van der Waals surface area contributed by atoms with E-state index in [1.165, 1.54) is 6.07 Å². The predicted octanol–water partition coefficient (Wildman–Crippen LogP) is 0.660. The largest absolute Gasteiger partial charge is 0.351 e. The number of hydrogen-bond acceptors (Lipinski definition) is 3. The maximum atomic E-state index is 11.6. The van der Waals surface area contributed by atoms with Gasteiger partial charge in [0.05, 0.1) is 4.90 Å². The number of sulfonamides is 1. The summed E-state index contributed by atoms with van der Waals surface area (Å²) in [5.41, 5.74) is 6.14. The van der Waals surface area contributed by atoms with E-state index in [-0.39, 0.29) is 4.90 Å². The molecule has 0 aliphatic heterocycles. The van der Waals surface area contributed by atoms with Gasteiger partial charge in [-0.25, -0.2) is 17.9 Å². The number of primary amides is 1. The molecular weight excluding hydrogens is 216 g/mol. The highest BCUT2D eigenvalue weighted by molar-refractivity contribution is 7.90. The molecule has 1 aromatic rings. The summed E-state index contributed by atoms with van der Waals surface area (Å²) in [6.07, 6.45) is 0. The van der Waals surface area contributed by atoms with Gasteiger partial charge in [-0.15, -0.1) is 0 Å². The van der Waals surface area contributed by atoms with Gasteiger partial charge in [-0.1, -0.05) is 12.1 Å². The van der Waals surface area contributed by atoms with Crippen LogP contribution < -0.4 is 10.5 Å². The van der Waals surface area contributed by atoms with Crippen LogP contribution in [0.2, 0.25) is 0 Å². The van der Waals surface area contributed by atoms with Gasteiger partial charge in [0, 0.05) is 0 Å². The van der Waals surface area contributed by atoms with Gasteiger partial charge < -0.3 is 5.73 Å². The Labute approximate surface area is 88.3 Å². The third kappa shape index (κ3) is 2.69. The molecule has 1 rings (SSSR count). The van der Waals surface area contributed by atoms with Crippen LogP contribution in [0.1, 0.15) is 11.1 Å². The highest BCUT2D eigenvalue weighted by Gasteiger charge is 2.18. The minimum atomic E-state index is -3.84. The van der Waals surface area contributed by atoms with Gasteiger partial charge >= 0.3 is 6.03 Å². The molecule has 0 heterocycles. The molecule has 2 amide bonds. The number of urea groups is 1. The van der Waals surface area contributed by atoms with Crippen LogP contribution in [0.5, 0.6) is 0 Å². The first-order valence-electron chi connectivity index (χ1n) is 4.22. The average molecular weight is 228 g/mol. The Morgan fingerprint density at radius 2 is 1.93 bits per heavy atom. The summed E-state index contributed by atoms with van der Waals surface area (Å²) in [5, 5.41) is 0. The molecule has 1 aromatic carbocycles. The van der Waals surface area contributed by atoms with Gasteiger partial charge in [0.2, 0.25) is 0 Å². The SMILES string of the molecule is Cc1ccc(C)c(S(=O)(=O)NC(N)=O)c1. The quantitative estimate of drug-likeness (QED) is 0.779. The molecule has 0 aliphatic rings. The van der Waals surface area contributed by atoms with Crippen molar-refractivity contribution in [2.24, 2.45) is 5.73 Å². The van der Waals surface area contributed by atoms with E-state index >= 15 is 0 Å². The van der Waals surface area contributed by atoms with Crippen molar-refractivity contribution in [2.45, 2.75) is 18.7 Å². The fourth-order valence-electron chi connectivity index (χ4n) is 1.18. The summed E-state index contributed by atoms with van der Waals surface area (Å²) in [7, 11) is -3.84. The van der Waals surface area contributed by atoms with Crippen molar-refractivity contribution in [3.8, 4) is 0 Å². The lowest BCUT2D eigenvalue weighted by Crippen LogP contribution is -2.35. The Balaban J connectivity index is 3.26. The molecule has 0 atom stereocenters. The molecule has 6 heteroatoms. The lowest BCUT2D eigenvalue weighted by atomic mass is 10.2. The minimum Gasteiger partial charge on any atom is -0.351 e. The van der Waals surface area contributed by atoms with Crippen LogP contribution >= 0.6 is 0 Å². The lowest BCUT2D eigenvalue weighted by molar-refractivity contribution is 0.253. The first kappa shape index (κ1) is 11.5. The van der Waals surface area contributed by atoms with Crippen molar-refractivity contribution >= 4 is 16.1 Å². The topological polar surface area (TPSA) is 89.3 Å². The van der Waals surface area contributed by atoms with Crippen LogP contribution in [0.4, 0.5) is 4.79 Å². The zero-order chi connectivity index (χ0) is 11.6. The summed E-state index contributed by atoms with van der Waals surface area (Å²) in [4.78, 5) is 10.6. The normalized spacial score (nSPS) is 11.1. The third-order valence-corrected chi connectivity index (χ3v) is 3.36. The van der Waals surface area contributed by atoms with Crippen molar-refractivity contribution in [3.05, 3.63) is 29.3 Å². The zero-order valence-corrected chi connectivity index (χ0v) is 9.26. The van der Waals surface area contributed by atoms with E-state index in [0.29, 0.717) is 5.56 Å². The Morgan fingerprint density at radius 3 is 2.47 bits per heavy atom. The fraction of sp³-hybridized carbons (Fsp3) is 0.222. The van der Waals surface area contributed by atoms with E-state index < -0.39 is 16.1 Å². The smallest absolute Gasteiger partial charge is 0.326 e. The van der Waals surface area contributed by atoms with Crippen LogP contribution in [0.3, 0.4) is 0 Å². The number of carbonyl (C=O) groups excluding carboxylic acids is 1. The second-order valence-electron chi connectivity index (χ2n) is 3.24. The Morgan fingerprint density at radius 1 is 1.33 bits per heavy atom. The first-order chi connectivity index (χ1) is 6.83. The van der Waals surface area contributed by atoms with Crippen LogP contribution in [0.15, 0.2) is 23.1 Å². The second kappa shape index (κ2) is 3.90. The van der Waals surface area contributed by atoms with Crippen molar-refractivity contribution in [2.75, 3.05) is 0 Å². The number of aryl methyl sites for hydroxylation is 2. The molecule has 0 fully saturated rings. The summed E-state index contributed by atoms with van der Waals surface area (Å²) < 4.78 is 24.9. The number of hydrogen-bond donors (Lipinski definition) is 2. The lowest BCUT2D eigenvalue weighted by Gasteiger charge is -2.08. The first-order valence-corrected chi connectivity index (χ1v) is 5.71. The Kier molecular flexibility index (Phi) is 2.99. The van der Waals surface area contributed by atoms with Crippen LogP contribution in [-0.2, 0) is 10.0 Å². The zero-order valence-electron chi connectivity index (χ0n) is 8.44. The predicted molar refractivity (Wildman–Crippen MR) is 55.8 cm³/mol. The van der Waals surface area contributed by atoms with Crippen molar-refractivity contribution in [1.29, 1.82) is 0 Å². The molecular formula is C9H12N2O3S. The van der Waals surface area contributed by atoms with Gasteiger partial charge in [-0.05, 0) is 31.0 Å². The summed E-state index contributed by atoms with van der Waals surface area (Å²) in [6, 6.07) is 3.86. The van der Waals surface area contributed by atoms with Crippen LogP contribution in [0.25, 0.3) is 0 Å². The molecule has 3 N–H and O–H groups in total. The summed E-state index contributed by atoms with van der Waals surface area (Å²) in [6.45, 7) is 3.41. The van der Waals surface area contributed by atoms with Gasteiger partial charge in [-0.2, -0.15) is 0 Å². The van der Waals surface area contributed by atoms with Gasteiger partial charge in [-0.3, -0.25) is 0 Å². The number of carbonyl (C=O) groups is 1. The number of amides is 2. The van der Waals surface area contributed by atoms with E-state index in [2.05, 4.69) is 0 Å². The molecule has 0 bridgehead atoms. The van der Waals surface area contributed by atoms with Crippen molar-refractivity contribution < 1.29 is 13.2 Å². The van der Waals surface area contributed by atoms with Crippen molar-refractivity contribution in [1.82, 2.24) is 4.72 Å². The number of rotatable bonds is 2. The Bertz CT molecular complexity index is 494. The second-order valence-corrected chi connectivity index (χ2v) is 4.89. The molecule has 82 valence electrons. The molecule has 0 spiro atoms. The average Bonchev–Trinajstić information content (AvgIpc) is 2.06. The molecule has 15 heavy (non-hydrogen) atoms. The molecule has 0 unspecified atom stereocenters. The highest BCUT2D eigenvalue weighted by atomic mass is 32.2. The fourth-order valence-corrected chi connectivity index (χ4v) is 2.39. The number of benzene rings is 1. The van der Waals surface area contributed by atoms with E-state index in [1.54, 1.807) is 30.7 Å². The molecule has 0 saturated carbocycles. The standard InChI is InChI=1S/C9H12N2O3S/c1-6-3-4-7(2)8(5-6)15(13,14)11-9(10)12/h3-5H,1-2H3,(H3,10,11,12). The molecule has 0 saturated heterocycles. The Hall–Kier alpha value is -1.56. The molecule has 0 aliphatic carbocycles. The number of nitrogens with one attached hydrogen (secondary N) is 1. The maximum absolute atomic E-state index is 11.6. The maximum Gasteiger partial charge on any atom is 0.326 e. The summed E-state index contributed by atoms with van der Waals surface area (Å²) in [5.74, 6) is 0. The van der Waals surface area contributed by atoms with Gasteiger partial charge in [0.15, 0.2) is 0 Å². The minimum absolute atomic E-state index is 0.0706. The van der Waals surface area contributed by atoms with E-state index in [1.807, 2.05) is 0 Å². The monoisotopic (exact) mass is 228 g/mol. The van der Waals surface area contributed by atoms with Crippen LogP contribution in [0, 0.1) is 13.8 Å².